The molecule has 0 saturated carbocycles. The predicted octanol–water partition coefficient (Wildman–Crippen LogP) is 0.0541. The highest BCUT2D eigenvalue weighted by Crippen LogP contribution is 2.11. The van der Waals surface area contributed by atoms with Crippen molar-refractivity contribution >= 4 is 18.0 Å². The molecule has 0 radical (unpaired) electrons. The lowest BCUT2D eigenvalue weighted by atomic mass is 10.1. The topological polar surface area (TPSA) is 95.9 Å². The molecule has 98 valence electrons. The zero-order valence-electron chi connectivity index (χ0n) is 10.4. The second-order valence-electron chi connectivity index (χ2n) is 4.46. The minimum absolute atomic E-state index is 0.190. The van der Waals surface area contributed by atoms with Gasteiger partial charge >= 0.3 is 12.1 Å². The molecule has 7 nitrogen and oxygen atoms in total. The van der Waals surface area contributed by atoms with Gasteiger partial charge in [-0.05, 0) is 20.8 Å². The van der Waals surface area contributed by atoms with Crippen molar-refractivity contribution in [3.05, 3.63) is 0 Å². The zero-order valence-corrected chi connectivity index (χ0v) is 10.4. The minimum Gasteiger partial charge on any atom is -0.480 e. The van der Waals surface area contributed by atoms with Crippen molar-refractivity contribution in [2.24, 2.45) is 0 Å². The molecule has 17 heavy (non-hydrogen) atoms. The van der Waals surface area contributed by atoms with Crippen molar-refractivity contribution in [3.63, 3.8) is 0 Å². The number of alkyl carbamates (subject to hydrolysis) is 1. The van der Waals surface area contributed by atoms with Gasteiger partial charge in [0.25, 0.3) is 0 Å². The second-order valence-corrected chi connectivity index (χ2v) is 4.46. The Hall–Kier alpha value is -1.63. The number of methoxy groups -OCH3 is 1. The van der Waals surface area contributed by atoms with E-state index in [4.69, 9.17) is 5.11 Å². The molecule has 0 saturated heterocycles. The summed E-state index contributed by atoms with van der Waals surface area (Å²) >= 11 is 0. The number of carboxylic acids is 1. The molecule has 0 aromatic heterocycles. The van der Waals surface area contributed by atoms with Gasteiger partial charge in [-0.2, -0.15) is 0 Å². The molecule has 0 aliphatic heterocycles. The summed E-state index contributed by atoms with van der Waals surface area (Å²) in [4.78, 5) is 34.3. The number of carbonyl (C=O) groups is 3. The second kappa shape index (κ2) is 6.19. The lowest BCUT2D eigenvalue weighted by Crippen LogP contribution is -2.50. The van der Waals surface area contributed by atoms with E-state index in [-0.39, 0.29) is 13.1 Å². The molecular formula is C10H18N2O5. The first-order chi connectivity index (χ1) is 7.66. The number of nitrogens with one attached hydrogen (secondary N) is 1. The standard InChI is InChI=1S/C10H18N2O5/c1-10(2,3)12(6-8(14)15)5-7(13)11-9(16)17-4/h5-6H2,1-4H3,(H,14,15)(H,11,13,16). The lowest BCUT2D eigenvalue weighted by Gasteiger charge is -2.33. The SMILES string of the molecule is COC(=O)NC(=O)CN(CC(=O)O)C(C)(C)C. The summed E-state index contributed by atoms with van der Waals surface area (Å²) in [6, 6.07) is 0. The van der Waals surface area contributed by atoms with E-state index in [0.29, 0.717) is 0 Å². The summed E-state index contributed by atoms with van der Waals surface area (Å²) in [7, 11) is 1.14. The van der Waals surface area contributed by atoms with Gasteiger partial charge in [-0.3, -0.25) is 19.8 Å². The maximum atomic E-state index is 11.4. The number of amides is 2. The fraction of sp³-hybridized carbons (Fsp3) is 0.700. The van der Waals surface area contributed by atoms with Crippen molar-refractivity contribution in [2.75, 3.05) is 20.2 Å². The Balaban J connectivity index is 4.49. The van der Waals surface area contributed by atoms with Gasteiger partial charge in [0.2, 0.25) is 5.91 Å². The van der Waals surface area contributed by atoms with E-state index in [1.165, 1.54) is 4.90 Å². The van der Waals surface area contributed by atoms with Crippen LogP contribution in [0.1, 0.15) is 20.8 Å². The van der Waals surface area contributed by atoms with Crippen LogP contribution in [0.3, 0.4) is 0 Å². The third-order valence-electron chi connectivity index (χ3n) is 2.04. The number of hydrogen-bond acceptors (Lipinski definition) is 5. The first kappa shape index (κ1) is 15.4. The fourth-order valence-corrected chi connectivity index (χ4v) is 1.07. The van der Waals surface area contributed by atoms with E-state index in [2.05, 4.69) is 4.74 Å². The third kappa shape index (κ3) is 6.52. The van der Waals surface area contributed by atoms with Crippen LogP contribution in [0, 0.1) is 0 Å². The number of imide groups is 1. The summed E-state index contributed by atoms with van der Waals surface area (Å²) in [6.07, 6.45) is -0.862. The summed E-state index contributed by atoms with van der Waals surface area (Å²) < 4.78 is 4.26. The van der Waals surface area contributed by atoms with Crippen molar-refractivity contribution in [1.29, 1.82) is 0 Å². The number of rotatable bonds is 4. The van der Waals surface area contributed by atoms with Crippen LogP contribution in [0.25, 0.3) is 0 Å². The Labute approximate surface area is 99.7 Å². The summed E-state index contributed by atoms with van der Waals surface area (Å²) in [5.74, 6) is -1.64. The van der Waals surface area contributed by atoms with Crippen LogP contribution in [0.5, 0.6) is 0 Å². The molecule has 0 bridgehead atoms. The molecule has 2 amide bonds. The van der Waals surface area contributed by atoms with Gasteiger partial charge in [0.1, 0.15) is 0 Å². The largest absolute Gasteiger partial charge is 0.480 e. The van der Waals surface area contributed by atoms with Gasteiger partial charge in [0.05, 0.1) is 20.2 Å². The van der Waals surface area contributed by atoms with E-state index in [1.807, 2.05) is 5.32 Å². The Morgan fingerprint density at radius 2 is 1.76 bits per heavy atom. The quantitative estimate of drug-likeness (QED) is 0.728. The van der Waals surface area contributed by atoms with Crippen LogP contribution in [-0.2, 0) is 14.3 Å². The monoisotopic (exact) mass is 246 g/mol. The molecule has 0 heterocycles. The van der Waals surface area contributed by atoms with Gasteiger partial charge in [0, 0.05) is 5.54 Å². The predicted molar refractivity (Wildman–Crippen MR) is 59.5 cm³/mol. The minimum atomic E-state index is -1.04. The molecule has 0 aromatic rings. The average Bonchev–Trinajstić information content (AvgIpc) is 2.14. The van der Waals surface area contributed by atoms with Crippen molar-refractivity contribution in [3.8, 4) is 0 Å². The molecule has 0 unspecified atom stereocenters. The number of nitrogens with zero attached hydrogens (tertiary/aromatic N) is 1. The summed E-state index contributed by atoms with van der Waals surface area (Å²) in [5.41, 5.74) is -0.494. The van der Waals surface area contributed by atoms with E-state index in [9.17, 15) is 14.4 Å². The van der Waals surface area contributed by atoms with Gasteiger partial charge < -0.3 is 9.84 Å². The highest BCUT2D eigenvalue weighted by molar-refractivity contribution is 5.93. The van der Waals surface area contributed by atoms with E-state index in [0.717, 1.165) is 7.11 Å². The fourth-order valence-electron chi connectivity index (χ4n) is 1.07. The van der Waals surface area contributed by atoms with Gasteiger partial charge in [-0.25, -0.2) is 4.79 Å². The molecule has 7 heteroatoms. The molecule has 2 N–H and O–H groups in total. The van der Waals surface area contributed by atoms with Crippen LogP contribution >= 0.6 is 0 Å². The lowest BCUT2D eigenvalue weighted by molar-refractivity contribution is -0.140. The number of ether oxygens (including phenoxy) is 1. The van der Waals surface area contributed by atoms with E-state index < -0.39 is 23.5 Å². The number of hydrogen-bond donors (Lipinski definition) is 2. The molecule has 0 fully saturated rings. The highest BCUT2D eigenvalue weighted by Gasteiger charge is 2.26. The van der Waals surface area contributed by atoms with Crippen molar-refractivity contribution in [1.82, 2.24) is 10.2 Å². The van der Waals surface area contributed by atoms with Gasteiger partial charge in [0.15, 0.2) is 0 Å². The Bertz CT molecular complexity index is 308. The molecule has 0 aromatic carbocycles. The van der Waals surface area contributed by atoms with Crippen molar-refractivity contribution < 1.29 is 24.2 Å². The maximum Gasteiger partial charge on any atom is 0.413 e. The smallest absolute Gasteiger partial charge is 0.413 e. The Morgan fingerprint density at radius 1 is 1.24 bits per heavy atom. The number of aliphatic carboxylic acids is 1. The molecule has 0 atom stereocenters. The van der Waals surface area contributed by atoms with E-state index >= 15 is 0 Å². The van der Waals surface area contributed by atoms with Crippen LogP contribution in [0.15, 0.2) is 0 Å². The Kier molecular flexibility index (Phi) is 5.60. The van der Waals surface area contributed by atoms with Crippen LogP contribution < -0.4 is 5.32 Å². The number of carbonyl (C=O) groups excluding carboxylic acids is 2. The third-order valence-corrected chi connectivity index (χ3v) is 2.04. The normalized spacial score (nSPS) is 11.1. The highest BCUT2D eigenvalue weighted by atomic mass is 16.5. The Morgan fingerprint density at radius 3 is 2.12 bits per heavy atom. The summed E-state index contributed by atoms with van der Waals surface area (Å²) in [5, 5.41) is 10.7. The first-order valence-electron chi connectivity index (χ1n) is 5.01. The first-order valence-corrected chi connectivity index (χ1v) is 5.01. The van der Waals surface area contributed by atoms with Crippen LogP contribution in [-0.4, -0.2) is 53.7 Å². The van der Waals surface area contributed by atoms with Gasteiger partial charge in [-0.15, -0.1) is 0 Å². The molecule has 0 aliphatic carbocycles. The molecular weight excluding hydrogens is 228 g/mol. The molecule has 0 rings (SSSR count). The van der Waals surface area contributed by atoms with E-state index in [1.54, 1.807) is 20.8 Å². The van der Waals surface area contributed by atoms with Gasteiger partial charge in [-0.1, -0.05) is 0 Å². The van der Waals surface area contributed by atoms with Crippen LogP contribution in [0.2, 0.25) is 0 Å². The van der Waals surface area contributed by atoms with Crippen molar-refractivity contribution in [2.45, 2.75) is 26.3 Å². The molecule has 0 aliphatic rings. The van der Waals surface area contributed by atoms with Crippen LogP contribution in [0.4, 0.5) is 4.79 Å². The summed E-state index contributed by atoms with van der Waals surface area (Å²) in [6.45, 7) is 4.87. The molecule has 0 spiro atoms. The average molecular weight is 246 g/mol. The maximum absolute atomic E-state index is 11.4. The zero-order chi connectivity index (χ0) is 13.6. The number of carboxylic acid groups (broad SMARTS) is 1.